The maximum Gasteiger partial charge on any atom is 0.312 e. The highest BCUT2D eigenvalue weighted by Gasteiger charge is 2.29. The van der Waals surface area contributed by atoms with Crippen molar-refractivity contribution in [3.8, 4) is 0 Å². The first-order valence-electron chi connectivity index (χ1n) is 8.28. The van der Waals surface area contributed by atoms with E-state index in [0.717, 1.165) is 37.8 Å². The molecule has 1 aromatic carbocycles. The van der Waals surface area contributed by atoms with Crippen LogP contribution in [0.1, 0.15) is 38.5 Å². The molecule has 0 bridgehead atoms. The van der Waals surface area contributed by atoms with E-state index in [9.17, 15) is 14.4 Å². The van der Waals surface area contributed by atoms with E-state index in [2.05, 4.69) is 16.0 Å². The van der Waals surface area contributed by atoms with Crippen molar-refractivity contribution in [3.63, 3.8) is 0 Å². The molecule has 1 aromatic rings. The number of hydrogen-bond acceptors (Lipinski definition) is 3. The number of nitrogens with one attached hydrogen (secondary N) is 3. The monoisotopic (exact) mass is 332 g/mol. The Bertz CT molecular complexity index is 582. The Morgan fingerprint density at radius 1 is 0.958 bits per heavy atom. The van der Waals surface area contributed by atoms with Crippen LogP contribution in [0, 0.1) is 5.92 Å². The van der Waals surface area contributed by atoms with Crippen molar-refractivity contribution in [2.24, 2.45) is 11.7 Å². The number of carbonyl (C=O) groups excluding carboxylic acids is 3. The topological polar surface area (TPSA) is 113 Å². The lowest BCUT2D eigenvalue weighted by atomic mass is 10.2. The molecule has 1 aliphatic carbocycles. The molecule has 0 aliphatic heterocycles. The average molecular weight is 332 g/mol. The van der Waals surface area contributed by atoms with Gasteiger partial charge in [-0.05, 0) is 49.9 Å². The molecular weight excluding hydrogens is 308 g/mol. The second kappa shape index (κ2) is 8.90. The summed E-state index contributed by atoms with van der Waals surface area (Å²) in [6.07, 6.45) is 4.77. The van der Waals surface area contributed by atoms with Crippen LogP contribution in [0.2, 0.25) is 0 Å². The predicted octanol–water partition coefficient (Wildman–Crippen LogP) is 2.20. The number of carbonyl (C=O) groups is 3. The number of unbranched alkanes of at least 4 members (excludes halogenated alkanes) is 2. The minimum atomic E-state index is -0.524. The van der Waals surface area contributed by atoms with E-state index in [1.807, 2.05) is 0 Å². The SMILES string of the molecule is NC(=O)NCCCCCC(=O)Nc1ccc(NC(=O)C2CC2)cc1. The molecule has 2 rings (SSSR count). The molecule has 130 valence electrons. The standard InChI is InChI=1S/C17H24N4O3/c18-17(24)19-11-3-1-2-4-15(22)20-13-7-9-14(10-8-13)21-16(23)12-5-6-12/h7-10,12H,1-6,11H2,(H,20,22)(H,21,23)(H3,18,19,24). The van der Waals surface area contributed by atoms with E-state index in [4.69, 9.17) is 5.73 Å². The molecule has 0 radical (unpaired) electrons. The van der Waals surface area contributed by atoms with Gasteiger partial charge < -0.3 is 21.7 Å². The first kappa shape index (κ1) is 17.8. The summed E-state index contributed by atoms with van der Waals surface area (Å²) in [7, 11) is 0. The van der Waals surface area contributed by atoms with Crippen LogP contribution < -0.4 is 21.7 Å². The van der Waals surface area contributed by atoms with Crippen molar-refractivity contribution in [1.82, 2.24) is 5.32 Å². The molecule has 0 spiro atoms. The fourth-order valence-electron chi connectivity index (χ4n) is 2.25. The lowest BCUT2D eigenvalue weighted by Crippen LogP contribution is -2.29. The quantitative estimate of drug-likeness (QED) is 0.520. The van der Waals surface area contributed by atoms with E-state index in [0.29, 0.717) is 18.7 Å². The highest BCUT2D eigenvalue weighted by Crippen LogP contribution is 2.30. The highest BCUT2D eigenvalue weighted by molar-refractivity contribution is 5.95. The summed E-state index contributed by atoms with van der Waals surface area (Å²) in [4.78, 5) is 34.0. The fourth-order valence-corrected chi connectivity index (χ4v) is 2.25. The normalized spacial score (nSPS) is 13.2. The van der Waals surface area contributed by atoms with E-state index < -0.39 is 6.03 Å². The first-order valence-corrected chi connectivity index (χ1v) is 8.28. The van der Waals surface area contributed by atoms with Gasteiger partial charge in [-0.3, -0.25) is 9.59 Å². The third-order valence-corrected chi connectivity index (χ3v) is 3.76. The lowest BCUT2D eigenvalue weighted by molar-refractivity contribution is -0.117. The Labute approximate surface area is 141 Å². The molecular formula is C17H24N4O3. The molecule has 1 saturated carbocycles. The highest BCUT2D eigenvalue weighted by atomic mass is 16.2. The zero-order valence-corrected chi connectivity index (χ0v) is 13.6. The molecule has 0 aromatic heterocycles. The Balaban J connectivity index is 1.62. The molecule has 1 fully saturated rings. The zero-order chi connectivity index (χ0) is 17.4. The fraction of sp³-hybridized carbons (Fsp3) is 0.471. The van der Waals surface area contributed by atoms with Crippen LogP contribution in [0.4, 0.5) is 16.2 Å². The summed E-state index contributed by atoms with van der Waals surface area (Å²) in [5, 5.41) is 8.19. The molecule has 4 amide bonds. The smallest absolute Gasteiger partial charge is 0.312 e. The number of amides is 4. The van der Waals surface area contributed by atoms with Gasteiger partial charge in [0, 0.05) is 30.3 Å². The van der Waals surface area contributed by atoms with Crippen LogP contribution >= 0.6 is 0 Å². The van der Waals surface area contributed by atoms with Crippen LogP contribution in [0.3, 0.4) is 0 Å². The van der Waals surface area contributed by atoms with Gasteiger partial charge in [-0.25, -0.2) is 4.79 Å². The molecule has 0 unspecified atom stereocenters. The average Bonchev–Trinajstić information content (AvgIpc) is 3.37. The van der Waals surface area contributed by atoms with E-state index in [1.54, 1.807) is 24.3 Å². The lowest BCUT2D eigenvalue weighted by Gasteiger charge is -2.08. The molecule has 0 heterocycles. The maximum atomic E-state index is 11.8. The van der Waals surface area contributed by atoms with Gasteiger partial charge in [0.15, 0.2) is 0 Å². The van der Waals surface area contributed by atoms with E-state index in [-0.39, 0.29) is 17.7 Å². The zero-order valence-electron chi connectivity index (χ0n) is 13.6. The third kappa shape index (κ3) is 6.68. The summed E-state index contributed by atoms with van der Waals surface area (Å²) in [6, 6.07) is 6.59. The molecule has 1 aliphatic rings. The molecule has 0 saturated heterocycles. The Morgan fingerprint density at radius 3 is 2.17 bits per heavy atom. The number of urea groups is 1. The van der Waals surface area contributed by atoms with Gasteiger partial charge in [0.05, 0.1) is 0 Å². The van der Waals surface area contributed by atoms with Crippen LogP contribution in [0.15, 0.2) is 24.3 Å². The van der Waals surface area contributed by atoms with Crippen molar-refractivity contribution in [1.29, 1.82) is 0 Å². The van der Waals surface area contributed by atoms with Crippen LogP contribution in [-0.2, 0) is 9.59 Å². The van der Waals surface area contributed by atoms with Gasteiger partial charge >= 0.3 is 6.03 Å². The largest absolute Gasteiger partial charge is 0.352 e. The third-order valence-electron chi connectivity index (χ3n) is 3.76. The molecule has 7 nitrogen and oxygen atoms in total. The minimum absolute atomic E-state index is 0.0485. The minimum Gasteiger partial charge on any atom is -0.352 e. The van der Waals surface area contributed by atoms with Crippen LogP contribution in [-0.4, -0.2) is 24.4 Å². The summed E-state index contributed by atoms with van der Waals surface area (Å²) in [6.45, 7) is 0.533. The van der Waals surface area contributed by atoms with Gasteiger partial charge in [-0.2, -0.15) is 0 Å². The molecule has 0 atom stereocenters. The number of hydrogen-bond donors (Lipinski definition) is 4. The Hall–Kier alpha value is -2.57. The first-order chi connectivity index (χ1) is 11.5. The predicted molar refractivity (Wildman–Crippen MR) is 92.5 cm³/mol. The van der Waals surface area contributed by atoms with Gasteiger partial charge in [-0.15, -0.1) is 0 Å². The van der Waals surface area contributed by atoms with Crippen molar-refractivity contribution in [2.75, 3.05) is 17.2 Å². The number of primary amides is 1. The van der Waals surface area contributed by atoms with Gasteiger partial charge in [0.1, 0.15) is 0 Å². The van der Waals surface area contributed by atoms with Gasteiger partial charge in [0.25, 0.3) is 0 Å². The molecule has 7 heteroatoms. The van der Waals surface area contributed by atoms with Crippen molar-refractivity contribution in [3.05, 3.63) is 24.3 Å². The van der Waals surface area contributed by atoms with E-state index >= 15 is 0 Å². The summed E-state index contributed by atoms with van der Waals surface area (Å²) in [5.74, 6) is 0.188. The number of rotatable bonds is 9. The maximum absolute atomic E-state index is 11.8. The second-order valence-corrected chi connectivity index (χ2v) is 5.99. The van der Waals surface area contributed by atoms with Crippen molar-refractivity contribution >= 4 is 29.2 Å². The van der Waals surface area contributed by atoms with Crippen molar-refractivity contribution < 1.29 is 14.4 Å². The number of nitrogens with two attached hydrogens (primary N) is 1. The van der Waals surface area contributed by atoms with Gasteiger partial charge in [0.2, 0.25) is 11.8 Å². The summed E-state index contributed by atoms with van der Waals surface area (Å²) >= 11 is 0. The second-order valence-electron chi connectivity index (χ2n) is 5.99. The molecule has 5 N–H and O–H groups in total. The summed E-state index contributed by atoms with van der Waals surface area (Å²) in [5.41, 5.74) is 6.41. The van der Waals surface area contributed by atoms with Gasteiger partial charge in [-0.1, -0.05) is 6.42 Å². The molecule has 24 heavy (non-hydrogen) atoms. The Kier molecular flexibility index (Phi) is 6.60. The Morgan fingerprint density at radius 2 is 1.58 bits per heavy atom. The summed E-state index contributed by atoms with van der Waals surface area (Å²) < 4.78 is 0. The van der Waals surface area contributed by atoms with Crippen LogP contribution in [0.25, 0.3) is 0 Å². The number of anilines is 2. The van der Waals surface area contributed by atoms with Crippen LogP contribution in [0.5, 0.6) is 0 Å². The number of benzene rings is 1. The van der Waals surface area contributed by atoms with Crippen molar-refractivity contribution in [2.45, 2.75) is 38.5 Å². The van der Waals surface area contributed by atoms with E-state index in [1.165, 1.54) is 0 Å².